The summed E-state index contributed by atoms with van der Waals surface area (Å²) >= 11 is 7.86. The number of nitrogen functional groups attached to an aromatic ring is 1. The monoisotopic (exact) mass is 559 g/mol. The van der Waals surface area contributed by atoms with Gasteiger partial charge in [0.1, 0.15) is 6.54 Å². The number of carbonyl (C=O) groups is 2. The molecule has 2 heterocycles. The van der Waals surface area contributed by atoms with Gasteiger partial charge in [-0.3, -0.25) is 20.0 Å². The van der Waals surface area contributed by atoms with Crippen molar-refractivity contribution in [1.29, 1.82) is 0 Å². The van der Waals surface area contributed by atoms with Gasteiger partial charge >= 0.3 is 5.97 Å². The maximum absolute atomic E-state index is 12.3. The molecule has 0 aliphatic rings. The van der Waals surface area contributed by atoms with Crippen molar-refractivity contribution in [2.24, 2.45) is 11.8 Å². The minimum atomic E-state index is -0.877. The molecular formula is C29H26ClN5O3S. The molecule has 0 aliphatic heterocycles. The fraction of sp³-hybridized carbons (Fsp3) is 0.172. The molecule has 0 fully saturated rings. The Morgan fingerprint density at radius 2 is 1.90 bits per heavy atom. The Kier molecular flexibility index (Phi) is 9.17. The zero-order valence-electron chi connectivity index (χ0n) is 21.3. The molecule has 1 amide bonds. The molecule has 0 unspecified atom stereocenters. The molecule has 0 bridgehead atoms. The van der Waals surface area contributed by atoms with Gasteiger partial charge in [-0.15, -0.1) is 0 Å². The van der Waals surface area contributed by atoms with Gasteiger partial charge in [0.2, 0.25) is 0 Å². The third-order valence-corrected chi connectivity index (χ3v) is 6.88. The van der Waals surface area contributed by atoms with Crippen LogP contribution in [0.15, 0.2) is 71.9 Å². The van der Waals surface area contributed by atoms with Gasteiger partial charge in [-0.05, 0) is 60.3 Å². The van der Waals surface area contributed by atoms with Crippen molar-refractivity contribution in [2.45, 2.75) is 18.7 Å². The largest absolute Gasteiger partial charge is 0.480 e. The SMILES string of the molecule is CC(C)CN(CC(=O)O)Sc1ccc(C#Cc2ccc(-c3cc(C(=O)NN)c4cnccc4n3)cc2)c(Cl)c1. The van der Waals surface area contributed by atoms with Crippen LogP contribution in [0.25, 0.3) is 22.2 Å². The number of hydrogen-bond acceptors (Lipinski definition) is 7. The second-order valence-electron chi connectivity index (χ2n) is 9.09. The van der Waals surface area contributed by atoms with Crippen LogP contribution in [-0.2, 0) is 4.79 Å². The number of benzene rings is 2. The topological polar surface area (TPSA) is 121 Å². The van der Waals surface area contributed by atoms with Gasteiger partial charge in [-0.25, -0.2) is 15.1 Å². The van der Waals surface area contributed by atoms with Gasteiger partial charge in [-0.2, -0.15) is 0 Å². The van der Waals surface area contributed by atoms with Gasteiger partial charge in [0.15, 0.2) is 0 Å². The van der Waals surface area contributed by atoms with Gasteiger partial charge in [0.25, 0.3) is 5.91 Å². The third kappa shape index (κ3) is 7.34. The van der Waals surface area contributed by atoms with Crippen molar-refractivity contribution < 1.29 is 14.7 Å². The minimum absolute atomic E-state index is 0.0640. The number of hydrazine groups is 1. The van der Waals surface area contributed by atoms with Crippen LogP contribution >= 0.6 is 23.5 Å². The van der Waals surface area contributed by atoms with Crippen molar-refractivity contribution in [2.75, 3.05) is 13.1 Å². The van der Waals surface area contributed by atoms with Crippen LogP contribution < -0.4 is 11.3 Å². The Morgan fingerprint density at radius 3 is 2.56 bits per heavy atom. The number of amides is 1. The molecule has 4 aromatic rings. The number of aliphatic carboxylic acids is 1. The number of rotatable bonds is 8. The maximum Gasteiger partial charge on any atom is 0.318 e. The summed E-state index contributed by atoms with van der Waals surface area (Å²) in [4.78, 5) is 33.1. The van der Waals surface area contributed by atoms with Crippen LogP contribution in [-0.4, -0.2) is 44.3 Å². The van der Waals surface area contributed by atoms with Gasteiger partial charge in [-0.1, -0.05) is 49.4 Å². The summed E-state index contributed by atoms with van der Waals surface area (Å²) in [6, 6.07) is 16.5. The number of aromatic nitrogens is 2. The van der Waals surface area contributed by atoms with Crippen LogP contribution in [0.3, 0.4) is 0 Å². The number of nitrogens with zero attached hydrogens (tertiary/aromatic N) is 3. The van der Waals surface area contributed by atoms with Crippen LogP contribution in [0.1, 0.15) is 35.3 Å². The molecule has 4 rings (SSSR count). The summed E-state index contributed by atoms with van der Waals surface area (Å²) in [7, 11) is 0. The zero-order valence-corrected chi connectivity index (χ0v) is 22.9. The van der Waals surface area contributed by atoms with Gasteiger partial charge in [0, 0.05) is 45.9 Å². The quantitative estimate of drug-likeness (QED) is 0.0906. The zero-order chi connectivity index (χ0) is 27.9. The van der Waals surface area contributed by atoms with Crippen LogP contribution in [0.4, 0.5) is 0 Å². The first-order valence-electron chi connectivity index (χ1n) is 12.1. The van der Waals surface area contributed by atoms with E-state index in [2.05, 4.69) is 27.2 Å². The predicted octanol–water partition coefficient (Wildman–Crippen LogP) is 5.00. The first-order valence-corrected chi connectivity index (χ1v) is 13.2. The molecule has 4 N–H and O–H groups in total. The molecule has 0 aliphatic carbocycles. The Balaban J connectivity index is 1.53. The number of nitrogens with two attached hydrogens (primary N) is 1. The molecule has 198 valence electrons. The first kappa shape index (κ1) is 28.1. The standard InChI is InChI=1S/C29H26ClN5O3S/c1-18(2)16-35(17-28(36)37)39-22-10-9-20(25(30)13-22)6-3-19-4-7-21(8-5-19)27-14-23(29(38)34-31)24-15-32-12-11-26(24)33-27/h4-5,7-15,18H,16-17,31H2,1-2H3,(H,34,38)(H,36,37). The minimum Gasteiger partial charge on any atom is -0.480 e. The Bertz CT molecular complexity index is 1580. The van der Waals surface area contributed by atoms with Crippen molar-refractivity contribution in [3.63, 3.8) is 0 Å². The normalized spacial score (nSPS) is 10.9. The predicted molar refractivity (Wildman–Crippen MR) is 154 cm³/mol. The van der Waals surface area contributed by atoms with Crippen molar-refractivity contribution in [1.82, 2.24) is 19.7 Å². The fourth-order valence-electron chi connectivity index (χ4n) is 3.84. The summed E-state index contributed by atoms with van der Waals surface area (Å²) < 4.78 is 1.80. The van der Waals surface area contributed by atoms with Crippen LogP contribution in [0, 0.1) is 17.8 Å². The van der Waals surface area contributed by atoms with Gasteiger partial charge in [0.05, 0.1) is 21.8 Å². The third-order valence-electron chi connectivity index (χ3n) is 5.56. The Labute approximate surface area is 235 Å². The van der Waals surface area contributed by atoms with Crippen molar-refractivity contribution in [3.05, 3.63) is 88.7 Å². The van der Waals surface area contributed by atoms with E-state index >= 15 is 0 Å². The average Bonchev–Trinajstić information content (AvgIpc) is 2.91. The highest BCUT2D eigenvalue weighted by molar-refractivity contribution is 7.97. The number of carboxylic acids is 1. The fourth-order valence-corrected chi connectivity index (χ4v) is 5.28. The van der Waals surface area contributed by atoms with E-state index in [0.29, 0.717) is 45.2 Å². The summed E-state index contributed by atoms with van der Waals surface area (Å²) in [5.74, 6) is 10.6. The number of carboxylic acid groups (broad SMARTS) is 1. The second kappa shape index (κ2) is 12.7. The summed E-state index contributed by atoms with van der Waals surface area (Å²) in [5, 5.41) is 10.3. The molecule has 0 saturated carbocycles. The Morgan fingerprint density at radius 1 is 1.13 bits per heavy atom. The molecule has 0 radical (unpaired) electrons. The number of halogens is 1. The molecule has 0 saturated heterocycles. The second-order valence-corrected chi connectivity index (χ2v) is 10.7. The van der Waals surface area contributed by atoms with E-state index < -0.39 is 11.9 Å². The lowest BCUT2D eigenvalue weighted by atomic mass is 10.0. The lowest BCUT2D eigenvalue weighted by Crippen LogP contribution is -2.30. The van der Waals surface area contributed by atoms with E-state index in [1.165, 1.54) is 11.9 Å². The lowest BCUT2D eigenvalue weighted by Gasteiger charge is -2.21. The molecule has 10 heteroatoms. The van der Waals surface area contributed by atoms with E-state index in [0.717, 1.165) is 16.0 Å². The summed E-state index contributed by atoms with van der Waals surface area (Å²) in [6.07, 6.45) is 3.21. The smallest absolute Gasteiger partial charge is 0.318 e. The first-order chi connectivity index (χ1) is 18.7. The molecule has 2 aromatic heterocycles. The van der Waals surface area contributed by atoms with Crippen LogP contribution in [0.2, 0.25) is 5.02 Å². The number of fused-ring (bicyclic) bond motifs is 1. The molecule has 2 aromatic carbocycles. The van der Waals surface area contributed by atoms with Crippen LogP contribution in [0.5, 0.6) is 0 Å². The maximum atomic E-state index is 12.3. The van der Waals surface area contributed by atoms with E-state index in [1.54, 1.807) is 34.9 Å². The number of nitrogens with one attached hydrogen (secondary N) is 1. The summed E-state index contributed by atoms with van der Waals surface area (Å²) in [6.45, 7) is 4.66. The average molecular weight is 560 g/mol. The van der Waals surface area contributed by atoms with E-state index in [1.807, 2.05) is 50.2 Å². The lowest BCUT2D eigenvalue weighted by molar-refractivity contribution is -0.137. The Hall–Kier alpha value is -3.94. The highest BCUT2D eigenvalue weighted by atomic mass is 35.5. The number of pyridine rings is 2. The highest BCUT2D eigenvalue weighted by Crippen LogP contribution is 2.28. The highest BCUT2D eigenvalue weighted by Gasteiger charge is 2.15. The van der Waals surface area contributed by atoms with E-state index in [4.69, 9.17) is 17.4 Å². The van der Waals surface area contributed by atoms with E-state index in [-0.39, 0.29) is 6.54 Å². The molecular weight excluding hydrogens is 534 g/mol. The van der Waals surface area contributed by atoms with E-state index in [9.17, 15) is 14.7 Å². The molecule has 0 atom stereocenters. The molecule has 0 spiro atoms. The molecule has 8 nitrogen and oxygen atoms in total. The number of hydrogen-bond donors (Lipinski definition) is 3. The summed E-state index contributed by atoms with van der Waals surface area (Å²) in [5.41, 5.74) is 6.09. The van der Waals surface area contributed by atoms with Gasteiger partial charge < -0.3 is 5.11 Å². The molecule has 39 heavy (non-hydrogen) atoms. The number of carbonyl (C=O) groups excluding carboxylic acids is 1. The van der Waals surface area contributed by atoms with Crippen molar-refractivity contribution >= 4 is 46.3 Å². The van der Waals surface area contributed by atoms with Crippen molar-refractivity contribution in [3.8, 4) is 23.1 Å².